The zero-order chi connectivity index (χ0) is 18.1. The van der Waals surface area contributed by atoms with Gasteiger partial charge in [-0.05, 0) is 43.6 Å². The van der Waals surface area contributed by atoms with Gasteiger partial charge in [-0.1, -0.05) is 26.8 Å². The van der Waals surface area contributed by atoms with Gasteiger partial charge < -0.3 is 9.47 Å². The van der Waals surface area contributed by atoms with E-state index in [9.17, 15) is 14.4 Å². The summed E-state index contributed by atoms with van der Waals surface area (Å²) in [5.74, 6) is -1.44. The highest BCUT2D eigenvalue weighted by Gasteiger charge is 2.64. The highest BCUT2D eigenvalue weighted by Crippen LogP contribution is 2.65. The molecule has 134 valence electrons. The Bertz CT molecular complexity index is 574. The van der Waals surface area contributed by atoms with Crippen molar-refractivity contribution in [3.8, 4) is 0 Å². The molecule has 0 aromatic carbocycles. The van der Waals surface area contributed by atoms with Crippen molar-refractivity contribution in [3.05, 3.63) is 11.6 Å². The van der Waals surface area contributed by atoms with E-state index < -0.39 is 17.9 Å². The SMILES string of the molecule is CCOC(=O)C[C@H](/C=C1/C(=O)[C@@]2(C)CC[C@@H]1C2(C)C)C(=O)OCC. The Morgan fingerprint density at radius 3 is 2.33 bits per heavy atom. The number of allylic oxidation sites excluding steroid dienone is 1. The molecule has 0 aromatic heterocycles. The molecule has 0 aromatic rings. The molecule has 0 unspecified atom stereocenters. The summed E-state index contributed by atoms with van der Waals surface area (Å²) < 4.78 is 10.0. The maximum atomic E-state index is 12.9. The van der Waals surface area contributed by atoms with E-state index in [1.807, 2.05) is 6.92 Å². The predicted molar refractivity (Wildman–Crippen MR) is 89.1 cm³/mol. The van der Waals surface area contributed by atoms with Crippen LogP contribution in [0.1, 0.15) is 53.9 Å². The molecule has 0 radical (unpaired) electrons. The molecular formula is C19H28O5. The van der Waals surface area contributed by atoms with Crippen LogP contribution in [0, 0.1) is 22.7 Å². The highest BCUT2D eigenvalue weighted by atomic mass is 16.5. The van der Waals surface area contributed by atoms with Gasteiger partial charge >= 0.3 is 11.9 Å². The van der Waals surface area contributed by atoms with E-state index in [1.165, 1.54) is 0 Å². The van der Waals surface area contributed by atoms with E-state index in [-0.39, 0.29) is 42.2 Å². The van der Waals surface area contributed by atoms with Gasteiger partial charge in [0.2, 0.25) is 0 Å². The lowest BCUT2D eigenvalue weighted by Crippen LogP contribution is -2.32. The number of ether oxygens (including phenoxy) is 2. The number of esters is 2. The summed E-state index contributed by atoms with van der Waals surface area (Å²) in [5.41, 5.74) is 0.183. The summed E-state index contributed by atoms with van der Waals surface area (Å²) in [5, 5.41) is 0. The first-order chi connectivity index (χ1) is 11.2. The Hall–Kier alpha value is -1.65. The summed E-state index contributed by atoms with van der Waals surface area (Å²) in [6.45, 7) is 10.2. The molecule has 2 fully saturated rings. The second-order valence-electron chi connectivity index (χ2n) is 7.46. The Morgan fingerprint density at radius 1 is 1.21 bits per heavy atom. The standard InChI is InChI=1S/C19H28O5/c1-6-23-15(20)11-12(17(22)24-7-2)10-13-14-8-9-19(5,16(13)21)18(14,3)4/h10,12,14H,6-9,11H2,1-5H3/b13-10+/t12-,14-,19+/m0/s1. The molecule has 0 saturated heterocycles. The first kappa shape index (κ1) is 18.7. The molecule has 2 aliphatic carbocycles. The minimum Gasteiger partial charge on any atom is -0.466 e. The minimum atomic E-state index is -0.762. The fourth-order valence-corrected chi connectivity index (χ4v) is 4.20. The lowest BCUT2D eigenvalue weighted by molar-refractivity contribution is -0.153. The Labute approximate surface area is 143 Å². The summed E-state index contributed by atoms with van der Waals surface area (Å²) in [6.07, 6.45) is 3.40. The lowest BCUT2D eigenvalue weighted by atomic mass is 9.70. The number of carbonyl (C=O) groups is 3. The van der Waals surface area contributed by atoms with Crippen LogP contribution in [0.4, 0.5) is 0 Å². The molecule has 0 aliphatic heterocycles. The maximum Gasteiger partial charge on any atom is 0.313 e. The first-order valence-electron chi connectivity index (χ1n) is 8.77. The number of hydrogen-bond donors (Lipinski definition) is 0. The van der Waals surface area contributed by atoms with Crippen LogP contribution in [0.15, 0.2) is 11.6 Å². The van der Waals surface area contributed by atoms with Crippen molar-refractivity contribution in [2.45, 2.75) is 53.9 Å². The highest BCUT2D eigenvalue weighted by molar-refractivity contribution is 6.05. The maximum absolute atomic E-state index is 12.9. The van der Waals surface area contributed by atoms with Crippen molar-refractivity contribution < 1.29 is 23.9 Å². The van der Waals surface area contributed by atoms with Crippen molar-refractivity contribution in [1.82, 2.24) is 0 Å². The first-order valence-corrected chi connectivity index (χ1v) is 8.77. The molecule has 0 N–H and O–H groups in total. The fourth-order valence-electron chi connectivity index (χ4n) is 4.20. The van der Waals surface area contributed by atoms with Gasteiger partial charge in [-0.2, -0.15) is 0 Å². The topological polar surface area (TPSA) is 69.7 Å². The van der Waals surface area contributed by atoms with Crippen LogP contribution in [0.2, 0.25) is 0 Å². The van der Waals surface area contributed by atoms with Crippen LogP contribution in [-0.4, -0.2) is 30.9 Å². The van der Waals surface area contributed by atoms with Gasteiger partial charge in [0.15, 0.2) is 5.78 Å². The third kappa shape index (κ3) is 2.89. The van der Waals surface area contributed by atoms with Crippen molar-refractivity contribution in [2.24, 2.45) is 22.7 Å². The fraction of sp³-hybridized carbons (Fsp3) is 0.737. The van der Waals surface area contributed by atoms with Crippen LogP contribution < -0.4 is 0 Å². The zero-order valence-corrected chi connectivity index (χ0v) is 15.3. The molecule has 24 heavy (non-hydrogen) atoms. The molecule has 2 aliphatic rings. The summed E-state index contributed by atoms with van der Waals surface area (Å²) >= 11 is 0. The largest absolute Gasteiger partial charge is 0.466 e. The third-order valence-electron chi connectivity index (χ3n) is 6.03. The number of rotatable bonds is 6. The Kier molecular flexibility index (Phi) is 5.21. The molecular weight excluding hydrogens is 308 g/mol. The van der Waals surface area contributed by atoms with E-state index in [2.05, 4.69) is 13.8 Å². The van der Waals surface area contributed by atoms with Crippen LogP contribution in [0.3, 0.4) is 0 Å². The van der Waals surface area contributed by atoms with E-state index >= 15 is 0 Å². The van der Waals surface area contributed by atoms with Crippen molar-refractivity contribution in [1.29, 1.82) is 0 Å². The van der Waals surface area contributed by atoms with Crippen molar-refractivity contribution >= 4 is 17.7 Å². The van der Waals surface area contributed by atoms with E-state index in [1.54, 1.807) is 19.9 Å². The average molecular weight is 336 g/mol. The van der Waals surface area contributed by atoms with Crippen molar-refractivity contribution in [2.75, 3.05) is 13.2 Å². The number of fused-ring (bicyclic) bond motifs is 2. The summed E-state index contributed by atoms with van der Waals surface area (Å²) in [7, 11) is 0. The smallest absolute Gasteiger partial charge is 0.313 e. The zero-order valence-electron chi connectivity index (χ0n) is 15.3. The van der Waals surface area contributed by atoms with Gasteiger partial charge in [-0.15, -0.1) is 0 Å². The molecule has 5 nitrogen and oxygen atoms in total. The van der Waals surface area contributed by atoms with Crippen molar-refractivity contribution in [3.63, 3.8) is 0 Å². The van der Waals surface area contributed by atoms with Gasteiger partial charge in [0.1, 0.15) is 0 Å². The average Bonchev–Trinajstić information content (AvgIpc) is 2.81. The van der Waals surface area contributed by atoms with E-state index in [0.717, 1.165) is 12.8 Å². The minimum absolute atomic E-state index is 0.0900. The van der Waals surface area contributed by atoms with Gasteiger partial charge in [0, 0.05) is 5.41 Å². The van der Waals surface area contributed by atoms with Gasteiger partial charge in [-0.3, -0.25) is 14.4 Å². The molecule has 0 heterocycles. The molecule has 2 saturated carbocycles. The molecule has 2 rings (SSSR count). The van der Waals surface area contributed by atoms with Crippen LogP contribution in [0.5, 0.6) is 0 Å². The predicted octanol–water partition coefficient (Wildman–Crippen LogP) is 3.07. The van der Waals surface area contributed by atoms with Crippen LogP contribution in [-0.2, 0) is 23.9 Å². The van der Waals surface area contributed by atoms with Crippen LogP contribution >= 0.6 is 0 Å². The van der Waals surface area contributed by atoms with Gasteiger partial charge in [0.25, 0.3) is 0 Å². The molecule has 2 bridgehead atoms. The number of hydrogen-bond acceptors (Lipinski definition) is 5. The van der Waals surface area contributed by atoms with E-state index in [4.69, 9.17) is 9.47 Å². The quantitative estimate of drug-likeness (QED) is 0.551. The van der Waals surface area contributed by atoms with E-state index in [0.29, 0.717) is 5.57 Å². The molecule has 0 spiro atoms. The number of carbonyl (C=O) groups excluding carboxylic acids is 3. The summed E-state index contributed by atoms with van der Waals surface area (Å²) in [4.78, 5) is 37.0. The Balaban J connectivity index is 2.31. The normalized spacial score (nSPS) is 30.5. The molecule has 0 amide bonds. The van der Waals surface area contributed by atoms with Gasteiger partial charge in [0.05, 0.1) is 25.6 Å². The second-order valence-corrected chi connectivity index (χ2v) is 7.46. The van der Waals surface area contributed by atoms with Gasteiger partial charge in [-0.25, -0.2) is 0 Å². The molecule has 3 atom stereocenters. The monoisotopic (exact) mass is 336 g/mol. The van der Waals surface area contributed by atoms with Crippen LogP contribution in [0.25, 0.3) is 0 Å². The number of Topliss-reactive ketones (excluding diaryl/α,β-unsaturated/α-hetero) is 1. The molecule has 5 heteroatoms. The third-order valence-corrected chi connectivity index (χ3v) is 6.03. The lowest BCUT2D eigenvalue weighted by Gasteiger charge is -2.31. The Morgan fingerprint density at radius 2 is 1.83 bits per heavy atom. The second kappa shape index (κ2) is 6.69. The summed E-state index contributed by atoms with van der Waals surface area (Å²) in [6, 6.07) is 0. The number of ketones is 1.